The summed E-state index contributed by atoms with van der Waals surface area (Å²) >= 11 is 6.09. The van der Waals surface area contributed by atoms with Gasteiger partial charge in [0.2, 0.25) is 0 Å². The first-order chi connectivity index (χ1) is 4.22. The van der Waals surface area contributed by atoms with E-state index in [1.807, 2.05) is 6.26 Å². The number of hydrogen-bond acceptors (Lipinski definition) is 4. The maximum atomic E-state index is 9.70. The van der Waals surface area contributed by atoms with Crippen LogP contribution in [0, 0.1) is 0 Å². The molecule has 0 fully saturated rings. The van der Waals surface area contributed by atoms with Crippen LogP contribution in [-0.2, 0) is 9.63 Å². The quantitative estimate of drug-likeness (QED) is 0.340. The van der Waals surface area contributed by atoms with Crippen molar-refractivity contribution in [2.24, 2.45) is 0 Å². The molecule has 0 saturated carbocycles. The highest BCUT2D eigenvalue weighted by Crippen LogP contribution is 2.01. The van der Waals surface area contributed by atoms with Crippen molar-refractivity contribution in [3.63, 3.8) is 0 Å². The molecular weight excluding hydrogens is 158 g/mol. The lowest BCUT2D eigenvalue weighted by Gasteiger charge is -2.12. The Bertz CT molecular complexity index is 117. The molecule has 0 aromatic heterocycles. The van der Waals surface area contributed by atoms with Crippen molar-refractivity contribution in [1.29, 1.82) is 0 Å². The zero-order valence-electron chi connectivity index (χ0n) is 5.16. The number of carbonyl (C=O) groups is 1. The first-order valence-corrected chi connectivity index (χ1v) is 3.77. The Labute approximate surface area is 63.3 Å². The van der Waals surface area contributed by atoms with Crippen LogP contribution in [0.15, 0.2) is 0 Å². The van der Waals surface area contributed by atoms with Gasteiger partial charge in [0.25, 0.3) is 0 Å². The van der Waals surface area contributed by atoms with Gasteiger partial charge in [-0.2, -0.15) is 5.06 Å². The van der Waals surface area contributed by atoms with Gasteiger partial charge in [-0.25, -0.2) is 0 Å². The van der Waals surface area contributed by atoms with E-state index in [1.54, 1.807) is 7.05 Å². The summed E-state index contributed by atoms with van der Waals surface area (Å²) in [5.74, 6) is 0. The van der Waals surface area contributed by atoms with Crippen molar-refractivity contribution in [1.82, 2.24) is 5.06 Å². The molecule has 5 heteroatoms. The third-order valence-electron chi connectivity index (χ3n) is 0.633. The van der Waals surface area contributed by atoms with Crippen LogP contribution in [-0.4, -0.2) is 29.2 Å². The number of rotatable bonds is 2. The SMILES string of the molecule is CSC(=S)N(C)OC=O. The molecule has 3 nitrogen and oxygen atoms in total. The van der Waals surface area contributed by atoms with Crippen LogP contribution in [0.5, 0.6) is 0 Å². The molecule has 0 aromatic carbocycles. The molecule has 0 unspecified atom stereocenters. The number of nitrogens with zero attached hydrogens (tertiary/aromatic N) is 1. The van der Waals surface area contributed by atoms with E-state index in [4.69, 9.17) is 12.2 Å². The van der Waals surface area contributed by atoms with Crippen molar-refractivity contribution in [2.45, 2.75) is 0 Å². The van der Waals surface area contributed by atoms with Crippen molar-refractivity contribution >= 4 is 34.8 Å². The molecule has 0 radical (unpaired) electrons. The van der Waals surface area contributed by atoms with Gasteiger partial charge in [0.05, 0.1) is 0 Å². The van der Waals surface area contributed by atoms with Crippen molar-refractivity contribution in [2.75, 3.05) is 13.3 Å². The molecule has 0 heterocycles. The van der Waals surface area contributed by atoms with Gasteiger partial charge >= 0.3 is 6.47 Å². The minimum Gasteiger partial charge on any atom is -0.343 e. The normalized spacial score (nSPS) is 8.22. The lowest BCUT2D eigenvalue weighted by Crippen LogP contribution is -2.21. The Morgan fingerprint density at radius 3 is 2.78 bits per heavy atom. The molecule has 0 aromatic rings. The van der Waals surface area contributed by atoms with E-state index in [-0.39, 0.29) is 0 Å². The lowest BCUT2D eigenvalue weighted by atomic mass is 11.2. The third kappa shape index (κ3) is 3.31. The highest BCUT2D eigenvalue weighted by Gasteiger charge is 1.99. The number of carbonyl (C=O) groups excluding carboxylic acids is 1. The van der Waals surface area contributed by atoms with E-state index in [1.165, 1.54) is 16.8 Å². The van der Waals surface area contributed by atoms with Crippen molar-refractivity contribution in [3.05, 3.63) is 0 Å². The Morgan fingerprint density at radius 2 is 2.44 bits per heavy atom. The fraction of sp³-hybridized carbons (Fsp3) is 0.500. The predicted molar refractivity (Wildman–Crippen MR) is 41.0 cm³/mol. The molecule has 0 atom stereocenters. The zero-order valence-corrected chi connectivity index (χ0v) is 6.79. The summed E-state index contributed by atoms with van der Waals surface area (Å²) in [6.45, 7) is 0.336. The van der Waals surface area contributed by atoms with Crippen LogP contribution in [0.1, 0.15) is 0 Å². The summed E-state index contributed by atoms with van der Waals surface area (Å²) < 4.78 is 0.530. The molecule has 9 heavy (non-hydrogen) atoms. The average molecular weight is 165 g/mol. The molecular formula is C4H7NO2S2. The van der Waals surface area contributed by atoms with Gasteiger partial charge in [-0.05, 0) is 18.5 Å². The van der Waals surface area contributed by atoms with E-state index in [9.17, 15) is 4.79 Å². The smallest absolute Gasteiger partial charge is 0.320 e. The van der Waals surface area contributed by atoms with Crippen LogP contribution in [0.3, 0.4) is 0 Å². The molecule has 0 bridgehead atoms. The van der Waals surface area contributed by atoms with Crippen LogP contribution >= 0.6 is 24.0 Å². The fourth-order valence-electron chi connectivity index (χ4n) is 0.236. The van der Waals surface area contributed by atoms with Crippen molar-refractivity contribution < 1.29 is 9.63 Å². The zero-order chi connectivity index (χ0) is 7.28. The minimum atomic E-state index is 0.336. The summed E-state index contributed by atoms with van der Waals surface area (Å²) in [6, 6.07) is 0. The van der Waals surface area contributed by atoms with Gasteiger partial charge in [0, 0.05) is 7.05 Å². The third-order valence-corrected chi connectivity index (χ3v) is 2.00. The maximum absolute atomic E-state index is 9.70. The predicted octanol–water partition coefficient (Wildman–Crippen LogP) is 0.654. The summed E-state index contributed by atoms with van der Waals surface area (Å²) in [6.07, 6.45) is 1.81. The Balaban J connectivity index is 3.58. The van der Waals surface area contributed by atoms with E-state index in [0.717, 1.165) is 0 Å². The highest BCUT2D eigenvalue weighted by molar-refractivity contribution is 8.22. The first-order valence-electron chi connectivity index (χ1n) is 2.14. The van der Waals surface area contributed by atoms with Gasteiger partial charge in [0.15, 0.2) is 4.32 Å². The highest BCUT2D eigenvalue weighted by atomic mass is 32.2. The van der Waals surface area contributed by atoms with Crippen LogP contribution < -0.4 is 0 Å². The number of hydroxylamine groups is 2. The van der Waals surface area contributed by atoms with Crippen LogP contribution in [0.4, 0.5) is 0 Å². The van der Waals surface area contributed by atoms with Crippen molar-refractivity contribution in [3.8, 4) is 0 Å². The standard InChI is InChI=1S/C4H7NO2S2/c1-5(7-3-6)4(8)9-2/h3H,1-2H3. The second-order valence-corrected chi connectivity index (χ2v) is 2.61. The molecule has 0 aliphatic heterocycles. The van der Waals surface area contributed by atoms with Gasteiger partial charge in [-0.1, -0.05) is 11.8 Å². The Kier molecular flexibility index (Phi) is 4.43. The second-order valence-electron chi connectivity index (χ2n) is 1.17. The average Bonchev–Trinajstić information content (AvgIpc) is 1.87. The van der Waals surface area contributed by atoms with Gasteiger partial charge < -0.3 is 4.84 Å². The molecule has 52 valence electrons. The monoisotopic (exact) mass is 165 g/mol. The Morgan fingerprint density at radius 1 is 1.89 bits per heavy atom. The molecule has 0 aliphatic carbocycles. The van der Waals surface area contributed by atoms with E-state index >= 15 is 0 Å². The lowest BCUT2D eigenvalue weighted by molar-refractivity contribution is -0.150. The molecule has 0 N–H and O–H groups in total. The maximum Gasteiger partial charge on any atom is 0.320 e. The van der Waals surface area contributed by atoms with E-state index in [0.29, 0.717) is 10.8 Å². The second kappa shape index (κ2) is 4.58. The molecule has 0 saturated heterocycles. The van der Waals surface area contributed by atoms with Crippen LogP contribution in [0.2, 0.25) is 0 Å². The number of hydrogen-bond donors (Lipinski definition) is 0. The molecule has 0 spiro atoms. The number of thioether (sulfide) groups is 1. The minimum absolute atomic E-state index is 0.336. The van der Waals surface area contributed by atoms with Gasteiger partial charge in [0.1, 0.15) is 0 Å². The molecule has 0 rings (SSSR count). The summed E-state index contributed by atoms with van der Waals surface area (Å²) in [4.78, 5) is 14.1. The Hall–Kier alpha value is -0.290. The first kappa shape index (κ1) is 8.71. The topological polar surface area (TPSA) is 29.5 Å². The van der Waals surface area contributed by atoms with Gasteiger partial charge in [-0.3, -0.25) is 4.79 Å². The van der Waals surface area contributed by atoms with Crippen LogP contribution in [0.25, 0.3) is 0 Å². The number of thiocarbonyl (C=S) groups is 1. The largest absolute Gasteiger partial charge is 0.343 e. The summed E-state index contributed by atoms with van der Waals surface area (Å²) in [5.41, 5.74) is 0. The molecule has 0 amide bonds. The van der Waals surface area contributed by atoms with Gasteiger partial charge in [-0.15, -0.1) is 0 Å². The summed E-state index contributed by atoms with van der Waals surface area (Å²) in [5, 5.41) is 1.23. The molecule has 0 aliphatic rings. The van der Waals surface area contributed by atoms with E-state index in [2.05, 4.69) is 4.84 Å². The summed E-state index contributed by atoms with van der Waals surface area (Å²) in [7, 11) is 1.58. The fourth-order valence-corrected chi connectivity index (χ4v) is 0.579. The van der Waals surface area contributed by atoms with E-state index < -0.39 is 0 Å².